The largest absolute Gasteiger partial charge is 0.345 e. The Morgan fingerprint density at radius 3 is 2.27 bits per heavy atom. The molecule has 0 radical (unpaired) electrons. The number of nitrogens with zero attached hydrogens (tertiary/aromatic N) is 1. The van der Waals surface area contributed by atoms with E-state index in [0.717, 1.165) is 12.2 Å². The van der Waals surface area contributed by atoms with Crippen molar-refractivity contribution < 1.29 is 0 Å². The van der Waals surface area contributed by atoms with Crippen molar-refractivity contribution in [2.75, 3.05) is 6.54 Å². The zero-order valence-corrected chi connectivity index (χ0v) is 10.5. The fourth-order valence-electron chi connectivity index (χ4n) is 1.68. The fourth-order valence-corrected chi connectivity index (χ4v) is 1.68. The van der Waals surface area contributed by atoms with E-state index in [2.05, 4.69) is 44.6 Å². The van der Waals surface area contributed by atoms with E-state index in [-0.39, 0.29) is 5.41 Å². The molecule has 1 aromatic heterocycles. The van der Waals surface area contributed by atoms with Gasteiger partial charge in [-0.2, -0.15) is 0 Å². The lowest BCUT2D eigenvalue weighted by Crippen LogP contribution is -2.15. The van der Waals surface area contributed by atoms with Crippen molar-refractivity contribution in [1.29, 1.82) is 0 Å². The van der Waals surface area contributed by atoms with Crippen LogP contribution in [0.5, 0.6) is 0 Å². The summed E-state index contributed by atoms with van der Waals surface area (Å²) < 4.78 is 0. The summed E-state index contributed by atoms with van der Waals surface area (Å²) in [5, 5.41) is 0. The average molecular weight is 209 g/mol. The Morgan fingerprint density at radius 2 is 1.93 bits per heavy atom. The minimum atomic E-state index is 0.100. The zero-order chi connectivity index (χ0) is 11.6. The molecule has 3 N–H and O–H groups in total. The van der Waals surface area contributed by atoms with Crippen LogP contribution >= 0.6 is 0 Å². The first-order valence-corrected chi connectivity index (χ1v) is 5.65. The van der Waals surface area contributed by atoms with E-state index in [1.54, 1.807) is 0 Å². The van der Waals surface area contributed by atoms with E-state index < -0.39 is 0 Å². The highest BCUT2D eigenvalue weighted by Crippen LogP contribution is 2.28. The summed E-state index contributed by atoms with van der Waals surface area (Å²) in [7, 11) is 0. The quantitative estimate of drug-likeness (QED) is 0.802. The predicted molar refractivity (Wildman–Crippen MR) is 64.1 cm³/mol. The molecule has 3 nitrogen and oxygen atoms in total. The highest BCUT2D eigenvalue weighted by Gasteiger charge is 2.23. The van der Waals surface area contributed by atoms with Crippen molar-refractivity contribution in [3.8, 4) is 0 Å². The molecule has 1 aromatic rings. The highest BCUT2D eigenvalue weighted by atomic mass is 15.0. The van der Waals surface area contributed by atoms with E-state index in [1.165, 1.54) is 11.4 Å². The molecule has 0 aliphatic heterocycles. The molecule has 0 atom stereocenters. The minimum Gasteiger partial charge on any atom is -0.345 e. The standard InChI is InChI=1S/C12H23N3/c1-8(2)10-11(12(3,4)5)15-9(14-10)6-7-13/h8H,6-7,13H2,1-5H3,(H,14,15). The van der Waals surface area contributed by atoms with Crippen molar-refractivity contribution >= 4 is 0 Å². The maximum absolute atomic E-state index is 5.55. The molecule has 0 unspecified atom stereocenters. The first-order chi connectivity index (χ1) is 6.86. The molecule has 1 heterocycles. The Balaban J connectivity index is 3.12. The topological polar surface area (TPSA) is 54.7 Å². The van der Waals surface area contributed by atoms with E-state index in [4.69, 9.17) is 5.73 Å². The van der Waals surface area contributed by atoms with Crippen LogP contribution in [0.2, 0.25) is 0 Å². The van der Waals surface area contributed by atoms with Gasteiger partial charge in [-0.15, -0.1) is 0 Å². The number of rotatable bonds is 3. The van der Waals surface area contributed by atoms with Gasteiger partial charge in [0.25, 0.3) is 0 Å². The van der Waals surface area contributed by atoms with Crippen LogP contribution in [0.4, 0.5) is 0 Å². The van der Waals surface area contributed by atoms with Gasteiger partial charge in [-0.3, -0.25) is 0 Å². The van der Waals surface area contributed by atoms with E-state index >= 15 is 0 Å². The molecule has 0 aromatic carbocycles. The molecule has 0 saturated carbocycles. The van der Waals surface area contributed by atoms with Gasteiger partial charge >= 0.3 is 0 Å². The Morgan fingerprint density at radius 1 is 1.33 bits per heavy atom. The normalized spacial score (nSPS) is 12.5. The fraction of sp³-hybridized carbons (Fsp3) is 0.750. The zero-order valence-electron chi connectivity index (χ0n) is 10.5. The molecular formula is C12H23N3. The Bertz CT molecular complexity index is 318. The molecule has 15 heavy (non-hydrogen) atoms. The number of hydrogen-bond donors (Lipinski definition) is 2. The predicted octanol–water partition coefficient (Wildman–Crippen LogP) is 2.33. The van der Waals surface area contributed by atoms with Crippen LogP contribution in [-0.4, -0.2) is 16.5 Å². The van der Waals surface area contributed by atoms with Crippen LogP contribution in [0.25, 0.3) is 0 Å². The lowest BCUT2D eigenvalue weighted by atomic mass is 9.88. The maximum Gasteiger partial charge on any atom is 0.107 e. The third kappa shape index (κ3) is 2.81. The van der Waals surface area contributed by atoms with Crippen LogP contribution in [0, 0.1) is 0 Å². The summed E-state index contributed by atoms with van der Waals surface area (Å²) >= 11 is 0. The van der Waals surface area contributed by atoms with Crippen molar-refractivity contribution in [1.82, 2.24) is 9.97 Å². The van der Waals surface area contributed by atoms with Crippen LogP contribution < -0.4 is 5.73 Å². The molecule has 3 heteroatoms. The lowest BCUT2D eigenvalue weighted by molar-refractivity contribution is 0.557. The molecular weight excluding hydrogens is 186 g/mol. The molecule has 0 aliphatic carbocycles. The monoisotopic (exact) mass is 209 g/mol. The second-order valence-corrected chi connectivity index (χ2v) is 5.39. The highest BCUT2D eigenvalue weighted by molar-refractivity contribution is 5.25. The Labute approximate surface area is 92.5 Å². The van der Waals surface area contributed by atoms with Gasteiger partial charge in [0.15, 0.2) is 0 Å². The summed E-state index contributed by atoms with van der Waals surface area (Å²) in [6.45, 7) is 11.6. The molecule has 1 rings (SSSR count). The van der Waals surface area contributed by atoms with Gasteiger partial charge in [0.05, 0.1) is 5.69 Å². The number of aromatic amines is 1. The molecule has 0 fully saturated rings. The smallest absolute Gasteiger partial charge is 0.107 e. The van der Waals surface area contributed by atoms with Gasteiger partial charge < -0.3 is 10.7 Å². The van der Waals surface area contributed by atoms with Crippen LogP contribution in [0.1, 0.15) is 57.7 Å². The van der Waals surface area contributed by atoms with Crippen molar-refractivity contribution in [2.45, 2.75) is 52.4 Å². The van der Waals surface area contributed by atoms with Gasteiger partial charge in [0.1, 0.15) is 5.82 Å². The number of hydrogen-bond acceptors (Lipinski definition) is 2. The second kappa shape index (κ2) is 4.35. The molecule has 0 aliphatic rings. The van der Waals surface area contributed by atoms with Crippen LogP contribution in [0.15, 0.2) is 0 Å². The van der Waals surface area contributed by atoms with E-state index in [1.807, 2.05) is 0 Å². The first-order valence-electron chi connectivity index (χ1n) is 5.65. The summed E-state index contributed by atoms with van der Waals surface area (Å²) in [6, 6.07) is 0. The third-order valence-corrected chi connectivity index (χ3v) is 2.45. The number of aromatic nitrogens is 2. The lowest BCUT2D eigenvalue weighted by Gasteiger charge is -2.18. The number of nitrogens with two attached hydrogens (primary N) is 1. The molecule has 0 amide bonds. The summed E-state index contributed by atoms with van der Waals surface area (Å²) in [6.07, 6.45) is 0.829. The SMILES string of the molecule is CC(C)c1[nH]c(CCN)nc1C(C)(C)C. The van der Waals surface area contributed by atoms with Crippen molar-refractivity contribution in [3.63, 3.8) is 0 Å². The van der Waals surface area contributed by atoms with E-state index in [9.17, 15) is 0 Å². The minimum absolute atomic E-state index is 0.100. The summed E-state index contributed by atoms with van der Waals surface area (Å²) in [5.41, 5.74) is 8.08. The van der Waals surface area contributed by atoms with Gasteiger partial charge in [-0.1, -0.05) is 34.6 Å². The second-order valence-electron chi connectivity index (χ2n) is 5.39. The van der Waals surface area contributed by atoms with Crippen LogP contribution in [0.3, 0.4) is 0 Å². The Hall–Kier alpha value is -0.830. The van der Waals surface area contributed by atoms with Crippen LogP contribution in [-0.2, 0) is 11.8 Å². The number of H-pyrrole nitrogens is 1. The molecule has 0 bridgehead atoms. The summed E-state index contributed by atoms with van der Waals surface area (Å²) in [4.78, 5) is 8.05. The Kier molecular flexibility index (Phi) is 3.55. The average Bonchev–Trinajstić information content (AvgIpc) is 2.48. The van der Waals surface area contributed by atoms with Crippen molar-refractivity contribution in [3.05, 3.63) is 17.2 Å². The molecule has 86 valence electrons. The van der Waals surface area contributed by atoms with Crippen molar-refractivity contribution in [2.24, 2.45) is 5.73 Å². The summed E-state index contributed by atoms with van der Waals surface area (Å²) in [5.74, 6) is 1.50. The molecule has 0 spiro atoms. The number of imidazole rings is 1. The van der Waals surface area contributed by atoms with Gasteiger partial charge in [-0.25, -0.2) is 4.98 Å². The van der Waals surface area contributed by atoms with Gasteiger partial charge in [0, 0.05) is 17.5 Å². The van der Waals surface area contributed by atoms with Gasteiger partial charge in [-0.05, 0) is 12.5 Å². The maximum atomic E-state index is 5.55. The third-order valence-electron chi connectivity index (χ3n) is 2.45. The number of nitrogens with one attached hydrogen (secondary N) is 1. The first kappa shape index (κ1) is 12.2. The van der Waals surface area contributed by atoms with Gasteiger partial charge in [0.2, 0.25) is 0 Å². The molecule has 0 saturated heterocycles. The van der Waals surface area contributed by atoms with E-state index in [0.29, 0.717) is 12.5 Å².